The molecule has 2 aliphatic rings. The second-order valence-corrected chi connectivity index (χ2v) is 8.81. The van der Waals surface area contributed by atoms with Gasteiger partial charge in [0.25, 0.3) is 0 Å². The highest BCUT2D eigenvalue weighted by Gasteiger charge is 2.41. The van der Waals surface area contributed by atoms with Crippen LogP contribution in [0.5, 0.6) is 0 Å². The third kappa shape index (κ3) is 5.12. The van der Waals surface area contributed by atoms with Gasteiger partial charge in [0.1, 0.15) is 18.7 Å². The number of nitrogens with zero attached hydrogens (tertiary/aromatic N) is 2. The highest BCUT2D eigenvalue weighted by atomic mass is 16.5. The number of carbonyl (C=O) groups excluding carboxylic acids is 2. The van der Waals surface area contributed by atoms with Gasteiger partial charge in [-0.25, -0.2) is 9.59 Å². The molecule has 3 N–H and O–H groups in total. The second kappa shape index (κ2) is 10.6. The second-order valence-electron chi connectivity index (χ2n) is 8.81. The van der Waals surface area contributed by atoms with Crippen molar-refractivity contribution in [2.75, 3.05) is 13.2 Å². The summed E-state index contributed by atoms with van der Waals surface area (Å²) >= 11 is 0. The number of hydrogen-bond donors (Lipinski definition) is 3. The van der Waals surface area contributed by atoms with E-state index < -0.39 is 36.2 Å². The molecule has 2 unspecified atom stereocenters. The van der Waals surface area contributed by atoms with Crippen molar-refractivity contribution in [3.8, 4) is 17.2 Å². The van der Waals surface area contributed by atoms with Gasteiger partial charge in [0.05, 0.1) is 12.2 Å². The molecule has 2 aromatic carbocycles. The third-order valence-corrected chi connectivity index (χ3v) is 6.56. The molecule has 4 rings (SSSR count). The van der Waals surface area contributed by atoms with E-state index in [-0.39, 0.29) is 38.3 Å². The molecule has 1 fully saturated rings. The molecule has 3 atom stereocenters. The number of fused-ring (bicyclic) bond motifs is 3. The first-order valence-electron chi connectivity index (χ1n) is 11.6. The molecule has 0 radical (unpaired) electrons. The number of aliphatic hydroxyl groups excluding tert-OH is 1. The first kappa shape index (κ1) is 24.2. The molecule has 35 heavy (non-hydrogen) atoms. The van der Waals surface area contributed by atoms with Crippen molar-refractivity contribution in [3.05, 3.63) is 59.7 Å². The quantitative estimate of drug-likeness (QED) is 0.497. The predicted octanol–water partition coefficient (Wildman–Crippen LogP) is 2.63. The fraction of sp³-hybridized carbons (Fsp3) is 0.385. The molecule has 182 valence electrons. The van der Waals surface area contributed by atoms with Gasteiger partial charge in [-0.2, -0.15) is 5.26 Å². The van der Waals surface area contributed by atoms with Crippen molar-refractivity contribution in [2.24, 2.45) is 0 Å². The van der Waals surface area contributed by atoms with Gasteiger partial charge < -0.3 is 25.2 Å². The number of likely N-dealkylation sites (tertiary alicyclic amines) is 1. The summed E-state index contributed by atoms with van der Waals surface area (Å²) in [4.78, 5) is 38.5. The Labute approximate surface area is 202 Å². The Morgan fingerprint density at radius 1 is 1.11 bits per heavy atom. The summed E-state index contributed by atoms with van der Waals surface area (Å²) in [6.45, 7) is -0.0595. The molecule has 9 heteroatoms. The minimum absolute atomic E-state index is 0.0686. The monoisotopic (exact) mass is 477 g/mol. The van der Waals surface area contributed by atoms with Crippen LogP contribution in [0.1, 0.15) is 42.7 Å². The number of rotatable bonds is 8. The normalized spacial score (nSPS) is 19.4. The molecule has 1 aliphatic carbocycles. The minimum Gasteiger partial charge on any atom is -0.480 e. The Morgan fingerprint density at radius 3 is 2.34 bits per heavy atom. The van der Waals surface area contributed by atoms with Crippen molar-refractivity contribution in [2.45, 2.75) is 49.8 Å². The Morgan fingerprint density at radius 2 is 1.74 bits per heavy atom. The molecule has 2 amide bonds. The van der Waals surface area contributed by atoms with Gasteiger partial charge in [0.2, 0.25) is 5.91 Å². The number of alkyl carbamates (subject to hydrolysis) is 1. The Balaban J connectivity index is 1.45. The maximum absolute atomic E-state index is 13.1. The average Bonchev–Trinajstić information content (AvgIpc) is 3.40. The standard InChI is InChI=1S/C26H27N3O6/c27-12-6-5-11-22(24(31)29-14-16(30)13-23(29)25(32)33)28-26(34)35-15-21-19-9-3-1-7-17(19)18-8-2-4-10-20(18)21/h1-4,7-10,16,21-23,30H,5-6,11,13-15H2,(H,28,34)(H,32,33)/t16?,22?,23-/m0/s1. The van der Waals surface area contributed by atoms with Gasteiger partial charge >= 0.3 is 12.1 Å². The van der Waals surface area contributed by atoms with Crippen LogP contribution in [0, 0.1) is 11.3 Å². The lowest BCUT2D eigenvalue weighted by atomic mass is 9.98. The number of carbonyl (C=O) groups is 3. The Bertz CT molecular complexity index is 1110. The zero-order valence-corrected chi connectivity index (χ0v) is 19.1. The number of aliphatic carboxylic acids is 1. The molecule has 1 aliphatic heterocycles. The fourth-order valence-corrected chi connectivity index (χ4v) is 4.92. The average molecular weight is 478 g/mol. The summed E-state index contributed by atoms with van der Waals surface area (Å²) in [6, 6.07) is 15.6. The third-order valence-electron chi connectivity index (χ3n) is 6.56. The van der Waals surface area contributed by atoms with Crippen LogP contribution in [0.25, 0.3) is 11.1 Å². The Hall–Kier alpha value is -3.90. The van der Waals surface area contributed by atoms with E-state index in [1.165, 1.54) is 0 Å². The van der Waals surface area contributed by atoms with Gasteiger partial charge in [-0.3, -0.25) is 4.79 Å². The molecule has 1 saturated heterocycles. The van der Waals surface area contributed by atoms with Crippen LogP contribution >= 0.6 is 0 Å². The minimum atomic E-state index is -1.22. The summed E-state index contributed by atoms with van der Waals surface area (Å²) in [7, 11) is 0. The van der Waals surface area contributed by atoms with E-state index in [9.17, 15) is 24.6 Å². The molecule has 0 spiro atoms. The number of amides is 2. The van der Waals surface area contributed by atoms with Gasteiger partial charge in [0, 0.05) is 25.3 Å². The van der Waals surface area contributed by atoms with Crippen molar-refractivity contribution in [1.29, 1.82) is 5.26 Å². The molecule has 1 heterocycles. The van der Waals surface area contributed by atoms with Crippen molar-refractivity contribution in [1.82, 2.24) is 10.2 Å². The SMILES string of the molecule is N#CCCCC(NC(=O)OCC1c2ccccc2-c2ccccc21)C(=O)N1CC(O)C[C@H]1C(=O)O. The topological polar surface area (TPSA) is 140 Å². The first-order valence-corrected chi connectivity index (χ1v) is 11.6. The summed E-state index contributed by atoms with van der Waals surface area (Å²) < 4.78 is 5.53. The number of carboxylic acids is 1. The maximum Gasteiger partial charge on any atom is 0.407 e. The summed E-state index contributed by atoms with van der Waals surface area (Å²) in [5.41, 5.74) is 4.29. The van der Waals surface area contributed by atoms with E-state index in [0.29, 0.717) is 6.42 Å². The lowest BCUT2D eigenvalue weighted by molar-refractivity contribution is -0.149. The van der Waals surface area contributed by atoms with Crippen LogP contribution in [0.4, 0.5) is 4.79 Å². The fourth-order valence-electron chi connectivity index (χ4n) is 4.92. The largest absolute Gasteiger partial charge is 0.480 e. The molecular weight excluding hydrogens is 450 g/mol. The molecule has 0 bridgehead atoms. The van der Waals surface area contributed by atoms with E-state index >= 15 is 0 Å². The van der Waals surface area contributed by atoms with Crippen LogP contribution in [-0.4, -0.2) is 64.4 Å². The molecule has 0 aromatic heterocycles. The van der Waals surface area contributed by atoms with Crippen molar-refractivity contribution >= 4 is 18.0 Å². The number of nitriles is 1. The number of benzene rings is 2. The molecule has 2 aromatic rings. The van der Waals surface area contributed by atoms with E-state index in [1.807, 2.05) is 54.6 Å². The van der Waals surface area contributed by atoms with Gasteiger partial charge in [0.15, 0.2) is 0 Å². The number of aliphatic hydroxyl groups is 1. The predicted molar refractivity (Wildman–Crippen MR) is 125 cm³/mol. The molecule has 0 saturated carbocycles. The highest BCUT2D eigenvalue weighted by Crippen LogP contribution is 2.44. The number of nitrogens with one attached hydrogen (secondary N) is 1. The number of hydrogen-bond acceptors (Lipinski definition) is 6. The van der Waals surface area contributed by atoms with Crippen LogP contribution < -0.4 is 5.32 Å². The Kier molecular flexibility index (Phi) is 7.32. The zero-order valence-electron chi connectivity index (χ0n) is 19.1. The summed E-state index contributed by atoms with van der Waals surface area (Å²) in [5.74, 6) is -1.97. The van der Waals surface area contributed by atoms with Crippen LogP contribution in [-0.2, 0) is 14.3 Å². The lowest BCUT2D eigenvalue weighted by Gasteiger charge is -2.27. The van der Waals surface area contributed by atoms with E-state index in [1.54, 1.807) is 0 Å². The van der Waals surface area contributed by atoms with Crippen LogP contribution in [0.15, 0.2) is 48.5 Å². The molecule has 9 nitrogen and oxygen atoms in total. The summed E-state index contributed by atoms with van der Waals surface area (Å²) in [5, 5.41) is 30.8. The van der Waals surface area contributed by atoms with E-state index in [4.69, 9.17) is 10.00 Å². The van der Waals surface area contributed by atoms with E-state index in [0.717, 1.165) is 27.2 Å². The molecular formula is C26H27N3O6. The van der Waals surface area contributed by atoms with Crippen molar-refractivity contribution in [3.63, 3.8) is 0 Å². The first-order chi connectivity index (χ1) is 16.9. The van der Waals surface area contributed by atoms with E-state index in [2.05, 4.69) is 5.32 Å². The van der Waals surface area contributed by atoms with Gasteiger partial charge in [-0.05, 0) is 35.1 Å². The number of ether oxygens (including phenoxy) is 1. The lowest BCUT2D eigenvalue weighted by Crippen LogP contribution is -2.52. The summed E-state index contributed by atoms with van der Waals surface area (Å²) in [6.07, 6.45) is -1.15. The number of β-amino-alcohol motifs (C(OH)–C–C–N with tert-alkyl or cyclic N) is 1. The smallest absolute Gasteiger partial charge is 0.407 e. The van der Waals surface area contributed by atoms with Crippen molar-refractivity contribution < 1.29 is 29.3 Å². The van der Waals surface area contributed by atoms with Gasteiger partial charge in [-0.15, -0.1) is 0 Å². The highest BCUT2D eigenvalue weighted by molar-refractivity contribution is 5.90. The van der Waals surface area contributed by atoms with Crippen LogP contribution in [0.3, 0.4) is 0 Å². The number of carboxylic acid groups (broad SMARTS) is 1. The van der Waals surface area contributed by atoms with Gasteiger partial charge in [-0.1, -0.05) is 48.5 Å². The number of unbranched alkanes of at least 4 members (excludes halogenated alkanes) is 1. The zero-order chi connectivity index (χ0) is 24.9. The van der Waals surface area contributed by atoms with Crippen LogP contribution in [0.2, 0.25) is 0 Å². The maximum atomic E-state index is 13.1.